The number of H-pyrrole nitrogens is 1. The molecule has 0 saturated heterocycles. The van der Waals surface area contributed by atoms with Gasteiger partial charge in [-0.25, -0.2) is 4.98 Å². The van der Waals surface area contributed by atoms with Crippen molar-refractivity contribution in [1.82, 2.24) is 15.2 Å². The van der Waals surface area contributed by atoms with E-state index in [9.17, 15) is 0 Å². The van der Waals surface area contributed by atoms with E-state index in [0.717, 1.165) is 6.42 Å². The van der Waals surface area contributed by atoms with Crippen LogP contribution in [-0.2, 0) is 11.3 Å². The fourth-order valence-electron chi connectivity index (χ4n) is 1.10. The van der Waals surface area contributed by atoms with Gasteiger partial charge in [0.2, 0.25) is 0 Å². The van der Waals surface area contributed by atoms with Crippen molar-refractivity contribution in [2.75, 3.05) is 6.61 Å². The van der Waals surface area contributed by atoms with Gasteiger partial charge < -0.3 is 9.84 Å². The lowest BCUT2D eigenvalue weighted by Crippen LogP contribution is -2.05. The number of nitrogens with zero attached hydrogens (tertiary/aromatic N) is 2. The van der Waals surface area contributed by atoms with E-state index in [1.54, 1.807) is 0 Å². The summed E-state index contributed by atoms with van der Waals surface area (Å²) in [6.45, 7) is 4.47. The van der Waals surface area contributed by atoms with Gasteiger partial charge >= 0.3 is 0 Å². The molecule has 1 aromatic heterocycles. The van der Waals surface area contributed by atoms with Crippen LogP contribution >= 0.6 is 0 Å². The first-order chi connectivity index (χ1) is 6.31. The molecular weight excluding hydrogens is 170 g/mol. The number of aliphatic hydroxyl groups is 1. The van der Waals surface area contributed by atoms with Gasteiger partial charge in [-0.3, -0.25) is 5.10 Å². The molecule has 1 aromatic rings. The van der Waals surface area contributed by atoms with Gasteiger partial charge in [-0.1, -0.05) is 6.92 Å². The van der Waals surface area contributed by atoms with E-state index in [1.807, 2.05) is 13.8 Å². The molecule has 0 spiro atoms. The Morgan fingerprint density at radius 3 is 2.77 bits per heavy atom. The van der Waals surface area contributed by atoms with Gasteiger partial charge in [-0.05, 0) is 13.3 Å². The number of hydrogen-bond donors (Lipinski definition) is 2. The fourth-order valence-corrected chi connectivity index (χ4v) is 1.10. The predicted molar refractivity (Wildman–Crippen MR) is 47.0 cm³/mol. The number of nitrogens with one attached hydrogen (secondary N) is 1. The molecule has 0 aliphatic rings. The summed E-state index contributed by atoms with van der Waals surface area (Å²) in [6.07, 6.45) is 0.762. The predicted octanol–water partition coefficient (Wildman–Crippen LogP) is 0.785. The third-order valence-corrected chi connectivity index (χ3v) is 1.73. The van der Waals surface area contributed by atoms with Crippen LogP contribution in [0.3, 0.4) is 0 Å². The van der Waals surface area contributed by atoms with Crippen molar-refractivity contribution < 1.29 is 9.84 Å². The Labute approximate surface area is 77.1 Å². The highest BCUT2D eigenvalue weighted by molar-refractivity contribution is 4.92. The molecule has 1 rings (SSSR count). The summed E-state index contributed by atoms with van der Waals surface area (Å²) in [5.41, 5.74) is 0. The minimum absolute atomic E-state index is 0.0680. The van der Waals surface area contributed by atoms with Crippen molar-refractivity contribution in [2.45, 2.75) is 33.0 Å². The summed E-state index contributed by atoms with van der Waals surface area (Å²) in [7, 11) is 0. The second kappa shape index (κ2) is 4.94. The van der Waals surface area contributed by atoms with Gasteiger partial charge in [-0.15, -0.1) is 0 Å². The molecule has 5 heteroatoms. The Balaban J connectivity index is 2.67. The third-order valence-electron chi connectivity index (χ3n) is 1.73. The molecule has 2 N–H and O–H groups in total. The number of aromatic amines is 1. The monoisotopic (exact) mass is 185 g/mol. The molecule has 1 unspecified atom stereocenters. The van der Waals surface area contributed by atoms with Crippen LogP contribution in [0.25, 0.3) is 0 Å². The Hall–Kier alpha value is -0.940. The Morgan fingerprint density at radius 1 is 1.54 bits per heavy atom. The SMILES string of the molecule is CCOC(CC)c1n[nH]c(CO)n1. The molecule has 1 atom stereocenters. The maximum atomic E-state index is 8.76. The standard InChI is InChI=1S/C8H15N3O2/c1-3-6(13-4-2)8-9-7(5-12)10-11-8/h6,12H,3-5H2,1-2H3,(H,9,10,11). The lowest BCUT2D eigenvalue weighted by atomic mass is 10.2. The number of aromatic nitrogens is 3. The van der Waals surface area contributed by atoms with Crippen molar-refractivity contribution in [3.63, 3.8) is 0 Å². The van der Waals surface area contributed by atoms with Gasteiger partial charge in [-0.2, -0.15) is 5.10 Å². The Kier molecular flexibility index (Phi) is 3.85. The van der Waals surface area contributed by atoms with Crippen LogP contribution < -0.4 is 0 Å². The van der Waals surface area contributed by atoms with Gasteiger partial charge in [0.25, 0.3) is 0 Å². The van der Waals surface area contributed by atoms with Crippen LogP contribution in [0.5, 0.6) is 0 Å². The van der Waals surface area contributed by atoms with Crippen molar-refractivity contribution in [2.24, 2.45) is 0 Å². The Bertz CT molecular complexity index is 249. The molecule has 13 heavy (non-hydrogen) atoms. The van der Waals surface area contributed by atoms with Crippen LogP contribution in [0.4, 0.5) is 0 Å². The maximum absolute atomic E-state index is 8.76. The molecule has 0 bridgehead atoms. The lowest BCUT2D eigenvalue weighted by molar-refractivity contribution is 0.0536. The van der Waals surface area contributed by atoms with Crippen LogP contribution in [0, 0.1) is 0 Å². The minimum Gasteiger partial charge on any atom is -0.388 e. The van der Waals surface area contributed by atoms with Crippen LogP contribution in [0.1, 0.15) is 38.0 Å². The second-order valence-electron chi connectivity index (χ2n) is 2.65. The number of aliphatic hydroxyl groups excluding tert-OH is 1. The van der Waals surface area contributed by atoms with Crippen LogP contribution in [0.15, 0.2) is 0 Å². The summed E-state index contributed by atoms with van der Waals surface area (Å²) < 4.78 is 5.41. The normalized spacial score (nSPS) is 13.2. The molecule has 5 nitrogen and oxygen atoms in total. The van der Waals surface area contributed by atoms with Crippen molar-refractivity contribution in [3.8, 4) is 0 Å². The van der Waals surface area contributed by atoms with Crippen molar-refractivity contribution in [3.05, 3.63) is 11.6 Å². The molecule has 0 saturated carbocycles. The number of ether oxygens (including phenoxy) is 1. The van der Waals surface area contributed by atoms with Gasteiger partial charge in [0.1, 0.15) is 18.5 Å². The zero-order chi connectivity index (χ0) is 9.68. The largest absolute Gasteiger partial charge is 0.388 e. The topological polar surface area (TPSA) is 71.0 Å². The smallest absolute Gasteiger partial charge is 0.179 e. The summed E-state index contributed by atoms with van der Waals surface area (Å²) in [5, 5.41) is 15.4. The zero-order valence-electron chi connectivity index (χ0n) is 7.95. The first kappa shape index (κ1) is 10.1. The first-order valence-corrected chi connectivity index (χ1v) is 4.45. The minimum atomic E-state index is -0.116. The van der Waals surface area contributed by atoms with E-state index in [4.69, 9.17) is 9.84 Å². The number of rotatable bonds is 5. The zero-order valence-corrected chi connectivity index (χ0v) is 7.95. The van der Waals surface area contributed by atoms with E-state index in [-0.39, 0.29) is 12.7 Å². The molecule has 0 amide bonds. The van der Waals surface area contributed by atoms with Crippen LogP contribution in [0.2, 0.25) is 0 Å². The molecule has 0 aliphatic carbocycles. The molecule has 1 heterocycles. The van der Waals surface area contributed by atoms with Crippen LogP contribution in [-0.4, -0.2) is 26.9 Å². The quantitative estimate of drug-likeness (QED) is 0.711. The summed E-state index contributed by atoms with van der Waals surface area (Å²) in [6, 6.07) is 0. The fraction of sp³-hybridized carbons (Fsp3) is 0.750. The highest BCUT2D eigenvalue weighted by Gasteiger charge is 2.14. The highest BCUT2D eigenvalue weighted by atomic mass is 16.5. The average Bonchev–Trinajstić information content (AvgIpc) is 2.62. The third kappa shape index (κ3) is 2.50. The summed E-state index contributed by atoms with van der Waals surface area (Å²) >= 11 is 0. The molecule has 0 aromatic carbocycles. The van der Waals surface area contributed by atoms with E-state index < -0.39 is 0 Å². The number of hydrogen-bond acceptors (Lipinski definition) is 4. The van der Waals surface area contributed by atoms with E-state index in [2.05, 4.69) is 15.2 Å². The van der Waals surface area contributed by atoms with E-state index in [1.165, 1.54) is 0 Å². The van der Waals surface area contributed by atoms with E-state index >= 15 is 0 Å². The van der Waals surface area contributed by atoms with Gasteiger partial charge in [0.15, 0.2) is 5.82 Å². The molecule has 74 valence electrons. The van der Waals surface area contributed by atoms with Crippen molar-refractivity contribution >= 4 is 0 Å². The van der Waals surface area contributed by atoms with Gasteiger partial charge in [0.05, 0.1) is 0 Å². The lowest BCUT2D eigenvalue weighted by Gasteiger charge is -2.09. The average molecular weight is 185 g/mol. The summed E-state index contributed by atoms with van der Waals surface area (Å²) in [5.74, 6) is 1.10. The van der Waals surface area contributed by atoms with Gasteiger partial charge in [0, 0.05) is 6.61 Å². The second-order valence-corrected chi connectivity index (χ2v) is 2.65. The first-order valence-electron chi connectivity index (χ1n) is 4.45. The maximum Gasteiger partial charge on any atom is 0.179 e. The molecule has 0 radical (unpaired) electrons. The molecule has 0 fully saturated rings. The van der Waals surface area contributed by atoms with E-state index in [0.29, 0.717) is 18.3 Å². The highest BCUT2D eigenvalue weighted by Crippen LogP contribution is 2.16. The molecular formula is C8H15N3O2. The summed E-state index contributed by atoms with van der Waals surface area (Å²) in [4.78, 5) is 4.08. The molecule has 0 aliphatic heterocycles. The van der Waals surface area contributed by atoms with Crippen molar-refractivity contribution in [1.29, 1.82) is 0 Å². The Morgan fingerprint density at radius 2 is 2.31 bits per heavy atom.